The molecule has 2 aromatic rings. The molecule has 0 amide bonds. The van der Waals surface area contributed by atoms with Crippen LogP contribution in [-0.4, -0.2) is 27.2 Å². The minimum atomic E-state index is -4.61. The van der Waals surface area contributed by atoms with Gasteiger partial charge in [-0.1, -0.05) is 0 Å². The van der Waals surface area contributed by atoms with Crippen LogP contribution in [0.2, 0.25) is 0 Å². The Hall–Kier alpha value is -2.63. The van der Waals surface area contributed by atoms with Crippen LogP contribution in [0, 0.1) is 11.3 Å². The van der Waals surface area contributed by atoms with Crippen LogP contribution in [0.5, 0.6) is 0 Å². The molecule has 0 radical (unpaired) electrons. The zero-order valence-electron chi connectivity index (χ0n) is 9.58. The van der Waals surface area contributed by atoms with Gasteiger partial charge in [0.25, 0.3) is 0 Å². The van der Waals surface area contributed by atoms with Crippen LogP contribution in [0.3, 0.4) is 0 Å². The first kappa shape index (κ1) is 12.8. The van der Waals surface area contributed by atoms with Gasteiger partial charge in [-0.3, -0.25) is 5.10 Å². The number of hydrogen-bond donors (Lipinski definition) is 2. The lowest BCUT2D eigenvalue weighted by molar-refractivity contribution is -0.140. The Morgan fingerprint density at radius 1 is 1.37 bits per heavy atom. The third kappa shape index (κ3) is 2.33. The summed E-state index contributed by atoms with van der Waals surface area (Å²) >= 11 is 0. The van der Waals surface area contributed by atoms with Crippen LogP contribution in [-0.2, 0) is 6.18 Å². The third-order valence-corrected chi connectivity index (χ3v) is 2.31. The molecular weight excluding hydrogens is 261 g/mol. The molecule has 0 saturated carbocycles. The number of halogens is 3. The maximum absolute atomic E-state index is 12.8. The predicted octanol–water partition coefficient (Wildman–Crippen LogP) is 1.80. The number of nitriles is 1. The summed E-state index contributed by atoms with van der Waals surface area (Å²) < 4.78 is 38.3. The van der Waals surface area contributed by atoms with Crippen molar-refractivity contribution in [3.8, 4) is 17.3 Å². The Bertz CT molecular complexity index is 639. The molecule has 0 bridgehead atoms. The van der Waals surface area contributed by atoms with Crippen molar-refractivity contribution in [3.05, 3.63) is 23.7 Å². The fraction of sp³-hybridized carbons (Fsp3) is 0.200. The van der Waals surface area contributed by atoms with Gasteiger partial charge in [-0.15, -0.1) is 0 Å². The Kier molecular flexibility index (Phi) is 3.08. The van der Waals surface area contributed by atoms with Crippen molar-refractivity contribution >= 4 is 5.95 Å². The average molecular weight is 268 g/mol. The van der Waals surface area contributed by atoms with Gasteiger partial charge in [0.1, 0.15) is 11.8 Å². The van der Waals surface area contributed by atoms with Crippen LogP contribution in [0.4, 0.5) is 19.1 Å². The minimum absolute atomic E-state index is 0.0640. The lowest BCUT2D eigenvalue weighted by Crippen LogP contribution is -2.09. The molecule has 98 valence electrons. The van der Waals surface area contributed by atoms with Crippen molar-refractivity contribution in [3.63, 3.8) is 0 Å². The van der Waals surface area contributed by atoms with Gasteiger partial charge in [0.15, 0.2) is 0 Å². The highest BCUT2D eigenvalue weighted by molar-refractivity contribution is 5.69. The van der Waals surface area contributed by atoms with E-state index in [4.69, 9.17) is 5.26 Å². The summed E-state index contributed by atoms with van der Waals surface area (Å²) in [6, 6.07) is 1.75. The fourth-order valence-corrected chi connectivity index (χ4v) is 1.47. The molecule has 2 N–H and O–H groups in total. The van der Waals surface area contributed by atoms with Gasteiger partial charge >= 0.3 is 6.18 Å². The van der Waals surface area contributed by atoms with Crippen molar-refractivity contribution in [2.75, 3.05) is 12.4 Å². The standard InChI is InChI=1S/C10H7F3N6/c1-15-9-16-3-5(2-14)7(18-9)6-4-17-19-8(6)10(11,12)13/h3-4H,1H3,(H,17,19)(H,15,16,18). The number of rotatable bonds is 2. The number of nitrogens with zero attached hydrogens (tertiary/aromatic N) is 4. The summed E-state index contributed by atoms with van der Waals surface area (Å²) in [5.74, 6) is 0.114. The van der Waals surface area contributed by atoms with Crippen LogP contribution < -0.4 is 5.32 Å². The Balaban J connectivity index is 2.65. The van der Waals surface area contributed by atoms with Crippen molar-refractivity contribution < 1.29 is 13.2 Å². The number of hydrogen-bond acceptors (Lipinski definition) is 5. The summed E-state index contributed by atoms with van der Waals surface area (Å²) in [4.78, 5) is 7.65. The molecule has 0 fully saturated rings. The predicted molar refractivity (Wildman–Crippen MR) is 58.9 cm³/mol. The average Bonchev–Trinajstić information content (AvgIpc) is 2.87. The van der Waals surface area contributed by atoms with Gasteiger partial charge < -0.3 is 5.32 Å². The number of H-pyrrole nitrogens is 1. The summed E-state index contributed by atoms with van der Waals surface area (Å²) in [5.41, 5.74) is -1.53. The van der Waals surface area contributed by atoms with E-state index in [0.717, 1.165) is 12.4 Å². The number of aromatic nitrogens is 4. The second-order valence-electron chi connectivity index (χ2n) is 3.47. The van der Waals surface area contributed by atoms with Crippen LogP contribution in [0.15, 0.2) is 12.4 Å². The molecule has 0 atom stereocenters. The van der Waals surface area contributed by atoms with Gasteiger partial charge in [0.2, 0.25) is 5.95 Å². The third-order valence-electron chi connectivity index (χ3n) is 2.31. The summed E-state index contributed by atoms with van der Waals surface area (Å²) in [5, 5.41) is 16.7. The van der Waals surface area contributed by atoms with Gasteiger partial charge in [-0.2, -0.15) is 23.5 Å². The summed E-state index contributed by atoms with van der Waals surface area (Å²) in [7, 11) is 1.52. The van der Waals surface area contributed by atoms with Crippen LogP contribution in [0.25, 0.3) is 11.3 Å². The van der Waals surface area contributed by atoms with E-state index in [0.29, 0.717) is 0 Å². The molecule has 9 heteroatoms. The Labute approximate surface area is 105 Å². The lowest BCUT2D eigenvalue weighted by atomic mass is 10.1. The maximum atomic E-state index is 12.8. The van der Waals surface area contributed by atoms with E-state index in [1.54, 1.807) is 6.07 Å². The highest BCUT2D eigenvalue weighted by atomic mass is 19.4. The van der Waals surface area contributed by atoms with E-state index in [-0.39, 0.29) is 22.8 Å². The van der Waals surface area contributed by atoms with Gasteiger partial charge in [0.05, 0.1) is 29.2 Å². The van der Waals surface area contributed by atoms with E-state index >= 15 is 0 Å². The largest absolute Gasteiger partial charge is 0.433 e. The minimum Gasteiger partial charge on any atom is -0.357 e. The number of alkyl halides is 3. The summed E-state index contributed by atoms with van der Waals surface area (Å²) in [6.07, 6.45) is -2.48. The topological polar surface area (TPSA) is 90.3 Å². The first-order valence-corrected chi connectivity index (χ1v) is 5.03. The van der Waals surface area contributed by atoms with E-state index in [1.807, 2.05) is 5.10 Å². The normalized spacial score (nSPS) is 11.1. The number of nitrogens with one attached hydrogen (secondary N) is 2. The molecule has 2 aromatic heterocycles. The van der Waals surface area contributed by atoms with Crippen molar-refractivity contribution in [1.29, 1.82) is 5.26 Å². The van der Waals surface area contributed by atoms with Crippen LogP contribution in [0.1, 0.15) is 11.3 Å². The van der Waals surface area contributed by atoms with E-state index in [2.05, 4.69) is 20.4 Å². The molecule has 2 heterocycles. The Morgan fingerprint density at radius 2 is 2.11 bits per heavy atom. The first-order valence-electron chi connectivity index (χ1n) is 5.03. The zero-order valence-corrected chi connectivity index (χ0v) is 9.58. The molecule has 0 saturated heterocycles. The smallest absolute Gasteiger partial charge is 0.357 e. The molecule has 6 nitrogen and oxygen atoms in total. The summed E-state index contributed by atoms with van der Waals surface area (Å²) in [6.45, 7) is 0. The van der Waals surface area contributed by atoms with Crippen molar-refractivity contribution in [2.45, 2.75) is 6.18 Å². The molecule has 2 rings (SSSR count). The first-order chi connectivity index (χ1) is 8.97. The molecule has 19 heavy (non-hydrogen) atoms. The van der Waals surface area contributed by atoms with Gasteiger partial charge in [-0.05, 0) is 0 Å². The highest BCUT2D eigenvalue weighted by Crippen LogP contribution is 2.35. The quantitative estimate of drug-likeness (QED) is 0.866. The van der Waals surface area contributed by atoms with Crippen molar-refractivity contribution in [2.24, 2.45) is 0 Å². The number of aromatic amines is 1. The molecule has 0 aliphatic heterocycles. The molecular formula is C10H7F3N6. The molecule has 0 spiro atoms. The Morgan fingerprint density at radius 3 is 2.68 bits per heavy atom. The van der Waals surface area contributed by atoms with E-state index in [1.165, 1.54) is 7.05 Å². The van der Waals surface area contributed by atoms with Gasteiger partial charge in [-0.25, -0.2) is 9.97 Å². The number of anilines is 1. The second-order valence-corrected chi connectivity index (χ2v) is 3.47. The van der Waals surface area contributed by atoms with E-state index in [9.17, 15) is 13.2 Å². The van der Waals surface area contributed by atoms with Crippen LogP contribution >= 0.6 is 0 Å². The van der Waals surface area contributed by atoms with E-state index < -0.39 is 11.9 Å². The molecule has 0 unspecified atom stereocenters. The fourth-order valence-electron chi connectivity index (χ4n) is 1.47. The lowest BCUT2D eigenvalue weighted by Gasteiger charge is -2.08. The molecule has 0 aliphatic carbocycles. The SMILES string of the molecule is CNc1ncc(C#N)c(-c2cn[nH]c2C(F)(F)F)n1. The van der Waals surface area contributed by atoms with Crippen molar-refractivity contribution in [1.82, 2.24) is 20.2 Å². The maximum Gasteiger partial charge on any atom is 0.433 e. The molecule has 0 aliphatic rings. The molecule has 0 aromatic carbocycles. The second kappa shape index (κ2) is 4.56. The van der Waals surface area contributed by atoms with Gasteiger partial charge in [0, 0.05) is 7.05 Å². The monoisotopic (exact) mass is 268 g/mol. The zero-order chi connectivity index (χ0) is 14.0. The highest BCUT2D eigenvalue weighted by Gasteiger charge is 2.37.